The molecule has 3 N–H and O–H groups in total. The van der Waals surface area contributed by atoms with Crippen molar-refractivity contribution in [2.24, 2.45) is 0 Å². The van der Waals surface area contributed by atoms with E-state index < -0.39 is 0 Å². The first-order valence-electron chi connectivity index (χ1n) is 20.3. The molecule has 3 heterocycles. The highest BCUT2D eigenvalue weighted by atomic mass is 15.4. The maximum atomic E-state index is 5.23. The Kier molecular flexibility index (Phi) is 8.90. The van der Waals surface area contributed by atoms with Crippen LogP contribution >= 0.6 is 0 Å². The van der Waals surface area contributed by atoms with Crippen molar-refractivity contribution in [1.29, 1.82) is 0 Å². The Labute approximate surface area is 343 Å². The molecule has 0 spiro atoms. The van der Waals surface area contributed by atoms with Crippen LogP contribution in [0.2, 0.25) is 0 Å². The first-order valence-corrected chi connectivity index (χ1v) is 20.3. The molecule has 0 amide bonds. The van der Waals surface area contributed by atoms with E-state index in [1.54, 1.807) is 0 Å². The first-order chi connectivity index (χ1) is 29.2. The number of pyridine rings is 1. The molecule has 0 bridgehead atoms. The molecule has 59 heavy (non-hydrogen) atoms. The Hall–Kier alpha value is -7.15. The Morgan fingerprint density at radius 1 is 0.373 bits per heavy atom. The Morgan fingerprint density at radius 2 is 0.898 bits per heavy atom. The summed E-state index contributed by atoms with van der Waals surface area (Å²) in [6.07, 6.45) is 1.61. The summed E-state index contributed by atoms with van der Waals surface area (Å²) in [7, 11) is 0. The first kappa shape index (κ1) is 35.0. The largest absolute Gasteiger partial charge is 0.308 e. The lowest BCUT2D eigenvalue weighted by atomic mass is 9.94. The molecule has 1 aliphatic heterocycles. The summed E-state index contributed by atoms with van der Waals surface area (Å²) < 4.78 is 2.40. The van der Waals surface area contributed by atoms with Crippen molar-refractivity contribution < 1.29 is 0 Å². The monoisotopic (exact) mass is 759 g/mol. The summed E-state index contributed by atoms with van der Waals surface area (Å²) in [6.45, 7) is 0. The van der Waals surface area contributed by atoms with Gasteiger partial charge in [0.15, 0.2) is 0 Å². The van der Waals surface area contributed by atoms with Gasteiger partial charge in [0.1, 0.15) is 6.17 Å². The summed E-state index contributed by atoms with van der Waals surface area (Å²) in [6, 6.07) is 73.8. The second kappa shape index (κ2) is 15.0. The van der Waals surface area contributed by atoms with E-state index in [9.17, 15) is 0 Å². The number of hydrogen-bond donors (Lipinski definition) is 3. The second-order valence-electron chi connectivity index (χ2n) is 15.3. The molecule has 10 aromatic rings. The molecule has 1 saturated heterocycles. The summed E-state index contributed by atoms with van der Waals surface area (Å²) >= 11 is 0. The third-order valence-electron chi connectivity index (χ3n) is 11.8. The Balaban J connectivity index is 1.03. The smallest absolute Gasteiger partial charge is 0.104 e. The number of nitrogens with one attached hydrogen (secondary N) is 3. The van der Waals surface area contributed by atoms with Crippen LogP contribution < -0.4 is 16.0 Å². The molecule has 2 aromatic heterocycles. The second-order valence-corrected chi connectivity index (χ2v) is 15.3. The molecule has 1 fully saturated rings. The molecule has 1 aliphatic rings. The number of benzene rings is 8. The molecule has 0 saturated carbocycles. The molecule has 5 nitrogen and oxygen atoms in total. The van der Waals surface area contributed by atoms with Crippen molar-refractivity contribution in [3.05, 3.63) is 229 Å². The van der Waals surface area contributed by atoms with E-state index >= 15 is 0 Å². The Bertz CT molecular complexity index is 3050. The van der Waals surface area contributed by atoms with Gasteiger partial charge in [0.05, 0.1) is 40.9 Å². The fraction of sp³-hybridized carbons (Fsp3) is 0.0556. The van der Waals surface area contributed by atoms with Gasteiger partial charge in [0, 0.05) is 10.8 Å². The zero-order valence-corrected chi connectivity index (χ0v) is 32.3. The third kappa shape index (κ3) is 6.48. The van der Waals surface area contributed by atoms with Gasteiger partial charge in [-0.05, 0) is 79.5 Å². The zero-order chi connectivity index (χ0) is 39.1. The average molecular weight is 760 g/mol. The van der Waals surface area contributed by atoms with Crippen LogP contribution in [0.1, 0.15) is 35.3 Å². The van der Waals surface area contributed by atoms with Gasteiger partial charge in [-0.3, -0.25) is 20.9 Å². The van der Waals surface area contributed by atoms with Gasteiger partial charge < -0.3 is 4.57 Å². The van der Waals surface area contributed by atoms with Crippen molar-refractivity contribution in [3.8, 4) is 39.1 Å². The number of fused-ring (bicyclic) bond motifs is 5. The fourth-order valence-electron chi connectivity index (χ4n) is 8.87. The van der Waals surface area contributed by atoms with E-state index in [0.717, 1.165) is 28.0 Å². The quantitative estimate of drug-likeness (QED) is 0.151. The van der Waals surface area contributed by atoms with Gasteiger partial charge in [-0.15, -0.1) is 0 Å². The molecule has 282 valence electrons. The molecule has 5 heteroatoms. The molecule has 11 rings (SSSR count). The maximum absolute atomic E-state index is 5.23. The van der Waals surface area contributed by atoms with E-state index in [4.69, 9.17) is 4.98 Å². The van der Waals surface area contributed by atoms with E-state index in [1.807, 2.05) is 6.20 Å². The standard InChI is InChI=1S/C54H41N5/c1-5-15-36(16-6-1)38-25-27-41(28-26-38)53-56-52(40-21-11-4-12-22-40)57-54(58-53)48-32-30-43(35-55-48)59-49-33-42(37-17-7-2-8-18-37)29-31-46(49)51-45-24-14-13-23-44(45)47(34-50(51)59)39-19-9-3-10-20-39/h1-35,52-54,56-58H. The van der Waals surface area contributed by atoms with E-state index in [1.165, 1.54) is 60.5 Å². The molecular weight excluding hydrogens is 719 g/mol. The zero-order valence-electron chi connectivity index (χ0n) is 32.3. The highest BCUT2D eigenvalue weighted by Gasteiger charge is 2.30. The van der Waals surface area contributed by atoms with Gasteiger partial charge in [-0.2, -0.15) is 0 Å². The van der Waals surface area contributed by atoms with Crippen molar-refractivity contribution in [2.45, 2.75) is 18.5 Å². The van der Waals surface area contributed by atoms with Gasteiger partial charge in [-0.25, -0.2) is 0 Å². The van der Waals surface area contributed by atoms with Crippen molar-refractivity contribution in [3.63, 3.8) is 0 Å². The summed E-state index contributed by atoms with van der Waals surface area (Å²) in [5.74, 6) is 0. The van der Waals surface area contributed by atoms with Crippen molar-refractivity contribution in [1.82, 2.24) is 25.5 Å². The molecule has 8 aromatic carbocycles. The van der Waals surface area contributed by atoms with Crippen LogP contribution in [0.4, 0.5) is 0 Å². The number of rotatable bonds is 7. The lowest BCUT2D eigenvalue weighted by Gasteiger charge is -2.39. The molecule has 0 aliphatic carbocycles. The molecule has 0 radical (unpaired) electrons. The SMILES string of the molecule is c1ccc(-c2ccc(C3NC(c4ccccc4)NC(c4ccc(-n5c6cc(-c7ccccc7)ccc6c6c7ccccc7c(-c7ccccc7)cc65)cn4)N3)cc2)cc1. The maximum Gasteiger partial charge on any atom is 0.104 e. The minimum Gasteiger partial charge on any atom is -0.308 e. The Morgan fingerprint density at radius 3 is 1.54 bits per heavy atom. The van der Waals surface area contributed by atoms with Crippen LogP contribution in [0.5, 0.6) is 0 Å². The number of nitrogens with zero attached hydrogens (tertiary/aromatic N) is 2. The third-order valence-corrected chi connectivity index (χ3v) is 11.8. The van der Waals surface area contributed by atoms with E-state index in [2.05, 4.69) is 227 Å². The highest BCUT2D eigenvalue weighted by molar-refractivity contribution is 6.24. The number of aromatic nitrogens is 2. The summed E-state index contributed by atoms with van der Waals surface area (Å²) in [5, 5.41) is 16.4. The molecular formula is C54H41N5. The van der Waals surface area contributed by atoms with Gasteiger partial charge in [0.25, 0.3) is 0 Å². The molecule has 3 unspecified atom stereocenters. The van der Waals surface area contributed by atoms with Crippen molar-refractivity contribution in [2.75, 3.05) is 0 Å². The van der Waals surface area contributed by atoms with Crippen LogP contribution in [0.3, 0.4) is 0 Å². The van der Waals surface area contributed by atoms with Crippen molar-refractivity contribution >= 4 is 32.6 Å². The molecule has 3 atom stereocenters. The predicted octanol–water partition coefficient (Wildman–Crippen LogP) is 12.5. The van der Waals surface area contributed by atoms with E-state index in [-0.39, 0.29) is 18.5 Å². The van der Waals surface area contributed by atoms with Gasteiger partial charge in [-0.1, -0.05) is 182 Å². The van der Waals surface area contributed by atoms with Crippen LogP contribution in [0, 0.1) is 0 Å². The fourth-order valence-corrected chi connectivity index (χ4v) is 8.87. The lowest BCUT2D eigenvalue weighted by molar-refractivity contribution is 0.200. The number of hydrogen-bond acceptors (Lipinski definition) is 4. The normalized spacial score (nSPS) is 16.8. The minimum absolute atomic E-state index is 0.0961. The van der Waals surface area contributed by atoms with E-state index in [0.29, 0.717) is 0 Å². The van der Waals surface area contributed by atoms with Crippen LogP contribution in [0.25, 0.3) is 71.6 Å². The van der Waals surface area contributed by atoms with Gasteiger partial charge in [0.2, 0.25) is 0 Å². The predicted molar refractivity (Wildman–Crippen MR) is 243 cm³/mol. The topological polar surface area (TPSA) is 53.9 Å². The van der Waals surface area contributed by atoms with Crippen LogP contribution in [0.15, 0.2) is 212 Å². The summed E-state index contributed by atoms with van der Waals surface area (Å²) in [5.41, 5.74) is 13.7. The lowest BCUT2D eigenvalue weighted by Crippen LogP contribution is -2.54. The summed E-state index contributed by atoms with van der Waals surface area (Å²) in [4.78, 5) is 5.23. The van der Waals surface area contributed by atoms with Crippen LogP contribution in [-0.2, 0) is 0 Å². The van der Waals surface area contributed by atoms with Crippen LogP contribution in [-0.4, -0.2) is 9.55 Å². The highest BCUT2D eigenvalue weighted by Crippen LogP contribution is 2.42. The minimum atomic E-state index is -0.217. The average Bonchev–Trinajstić information content (AvgIpc) is 3.66. The van der Waals surface area contributed by atoms with Gasteiger partial charge >= 0.3 is 0 Å².